The molecular formula is C3H9O4V-. The van der Waals surface area contributed by atoms with E-state index in [0.717, 1.165) is 0 Å². The van der Waals surface area contributed by atoms with Gasteiger partial charge in [-0.2, -0.15) is 0 Å². The molecule has 0 N–H and O–H groups in total. The van der Waals surface area contributed by atoms with Crippen molar-refractivity contribution in [1.29, 1.82) is 0 Å². The summed E-state index contributed by atoms with van der Waals surface area (Å²) in [6.07, 6.45) is 0. The summed E-state index contributed by atoms with van der Waals surface area (Å²) in [6, 6.07) is 0. The van der Waals surface area contributed by atoms with Crippen molar-refractivity contribution in [2.24, 2.45) is 0 Å². The molecular weight excluding hydrogens is 151 g/mol. The van der Waals surface area contributed by atoms with Crippen molar-refractivity contribution < 1.29 is 29.7 Å². The molecule has 0 aliphatic carbocycles. The Morgan fingerprint density at radius 2 is 1.25 bits per heavy atom. The van der Waals surface area contributed by atoms with Crippen LogP contribution >= 0.6 is 0 Å². The standard InChI is InChI=1S/3CH3O.O.V/c3*1-2;;/h3*1H3;;/q3*-1;;+2. The van der Waals surface area contributed by atoms with Crippen molar-refractivity contribution in [3.05, 3.63) is 0 Å². The van der Waals surface area contributed by atoms with Gasteiger partial charge in [0.05, 0.1) is 0 Å². The summed E-state index contributed by atoms with van der Waals surface area (Å²) < 4.78 is 23.9. The van der Waals surface area contributed by atoms with Crippen LogP contribution < -0.4 is 0 Å². The van der Waals surface area contributed by atoms with Gasteiger partial charge < -0.3 is 0 Å². The van der Waals surface area contributed by atoms with E-state index in [-0.39, 0.29) is 0 Å². The average Bonchev–Trinajstić information content (AvgIpc) is 1.87. The Balaban J connectivity index is 3.79. The predicted octanol–water partition coefficient (Wildman–Crippen LogP) is 0.170. The molecule has 8 heavy (non-hydrogen) atoms. The van der Waals surface area contributed by atoms with Crippen LogP contribution in [0.4, 0.5) is 0 Å². The van der Waals surface area contributed by atoms with Gasteiger partial charge in [-0.25, -0.2) is 0 Å². The van der Waals surface area contributed by atoms with Gasteiger partial charge in [-0.05, 0) is 0 Å². The molecule has 51 valence electrons. The van der Waals surface area contributed by atoms with Gasteiger partial charge in [-0.15, -0.1) is 0 Å². The molecule has 0 bridgehead atoms. The van der Waals surface area contributed by atoms with Crippen molar-refractivity contribution in [1.82, 2.24) is 0 Å². The van der Waals surface area contributed by atoms with Crippen LogP contribution in [-0.4, -0.2) is 21.3 Å². The molecule has 0 aromatic heterocycles. The van der Waals surface area contributed by atoms with E-state index >= 15 is 0 Å². The van der Waals surface area contributed by atoms with Gasteiger partial charge >= 0.3 is 51.0 Å². The van der Waals surface area contributed by atoms with Gasteiger partial charge in [0, 0.05) is 0 Å². The molecule has 0 heterocycles. The van der Waals surface area contributed by atoms with E-state index in [2.05, 4.69) is 11.0 Å². The van der Waals surface area contributed by atoms with E-state index in [1.54, 1.807) is 0 Å². The van der Waals surface area contributed by atoms with Gasteiger partial charge in [-0.1, -0.05) is 0 Å². The van der Waals surface area contributed by atoms with E-state index < -0.39 is 15.0 Å². The minimum atomic E-state index is -3.73. The monoisotopic (exact) mass is 160 g/mol. The van der Waals surface area contributed by atoms with Crippen LogP contribution in [-0.2, 0) is 29.7 Å². The van der Waals surface area contributed by atoms with Crippen LogP contribution in [0.25, 0.3) is 0 Å². The third-order valence-corrected chi connectivity index (χ3v) is 2.77. The van der Waals surface area contributed by atoms with Crippen LogP contribution in [0.1, 0.15) is 0 Å². The van der Waals surface area contributed by atoms with Gasteiger partial charge in [0.1, 0.15) is 0 Å². The van der Waals surface area contributed by atoms with Gasteiger partial charge in [0.2, 0.25) is 0 Å². The van der Waals surface area contributed by atoms with Gasteiger partial charge in [-0.3, -0.25) is 0 Å². The first-order valence-corrected chi connectivity index (χ1v) is 4.24. The van der Waals surface area contributed by atoms with Crippen LogP contribution in [0, 0.1) is 0 Å². The third-order valence-electron chi connectivity index (χ3n) is 0.671. The van der Waals surface area contributed by atoms with Gasteiger partial charge in [0.25, 0.3) is 0 Å². The Hall–Kier alpha value is 0.264. The second-order valence-corrected chi connectivity index (χ2v) is 4.10. The summed E-state index contributed by atoms with van der Waals surface area (Å²) >= 11 is -3.73. The topological polar surface area (TPSA) is 44.8 Å². The number of rotatable bonds is 3. The molecule has 4 nitrogen and oxygen atoms in total. The van der Waals surface area contributed by atoms with E-state index in [1.807, 2.05) is 0 Å². The Labute approximate surface area is 51.7 Å². The summed E-state index contributed by atoms with van der Waals surface area (Å²) in [7, 11) is 3.85. The zero-order valence-electron chi connectivity index (χ0n) is 5.08. The number of hydrogen-bond donors (Lipinski definition) is 0. The van der Waals surface area contributed by atoms with Crippen LogP contribution in [0.2, 0.25) is 0 Å². The fourth-order valence-electron chi connectivity index (χ4n) is 0.224. The Kier molecular flexibility index (Phi) is 3.43. The molecule has 0 saturated heterocycles. The van der Waals surface area contributed by atoms with E-state index in [4.69, 9.17) is 0 Å². The summed E-state index contributed by atoms with van der Waals surface area (Å²) in [6.45, 7) is 0. The van der Waals surface area contributed by atoms with Crippen LogP contribution in [0.15, 0.2) is 0 Å². The molecule has 0 atom stereocenters. The third kappa shape index (κ3) is 2.02. The van der Waals surface area contributed by atoms with E-state index in [0.29, 0.717) is 0 Å². The Bertz CT molecular complexity index is 82.4. The predicted molar refractivity (Wildman–Crippen MR) is 21.7 cm³/mol. The summed E-state index contributed by atoms with van der Waals surface area (Å²) in [5.74, 6) is 0. The summed E-state index contributed by atoms with van der Waals surface area (Å²) in [5, 5.41) is 0. The SMILES string of the molecule is C[O][V-](=[O])([O]C)[O]C. The molecule has 0 fully saturated rings. The molecule has 0 aromatic carbocycles. The second-order valence-electron chi connectivity index (χ2n) is 0.995. The first kappa shape index (κ1) is 8.26. The van der Waals surface area contributed by atoms with Crippen molar-refractivity contribution in [2.75, 3.05) is 21.3 Å². The number of hydrogen-bond acceptors (Lipinski definition) is 4. The van der Waals surface area contributed by atoms with Crippen molar-refractivity contribution in [3.8, 4) is 0 Å². The normalized spacial score (nSPS) is 11.9. The summed E-state index contributed by atoms with van der Waals surface area (Å²) in [5.41, 5.74) is 0. The molecule has 0 aliphatic heterocycles. The molecule has 5 heteroatoms. The molecule has 0 saturated carbocycles. The Morgan fingerprint density at radius 1 is 1.00 bits per heavy atom. The molecule has 0 unspecified atom stereocenters. The first-order valence-electron chi connectivity index (χ1n) is 1.96. The van der Waals surface area contributed by atoms with Crippen molar-refractivity contribution in [2.45, 2.75) is 0 Å². The first-order chi connectivity index (χ1) is 3.68. The fourth-order valence-corrected chi connectivity index (χ4v) is 0.922. The zero-order valence-corrected chi connectivity index (χ0v) is 6.48. The van der Waals surface area contributed by atoms with Crippen molar-refractivity contribution >= 4 is 0 Å². The van der Waals surface area contributed by atoms with E-state index in [9.17, 15) is 3.67 Å². The molecule has 0 rings (SSSR count). The molecule has 0 aliphatic rings. The minimum absolute atomic E-state index is 1.28. The second kappa shape index (κ2) is 3.32. The molecule has 0 radical (unpaired) electrons. The molecule has 0 aromatic rings. The van der Waals surface area contributed by atoms with E-state index in [1.165, 1.54) is 21.3 Å². The molecule has 0 amide bonds. The van der Waals surface area contributed by atoms with Crippen LogP contribution in [0.5, 0.6) is 0 Å². The van der Waals surface area contributed by atoms with Crippen molar-refractivity contribution in [3.63, 3.8) is 0 Å². The maximum atomic E-state index is 10.7. The molecule has 0 spiro atoms. The zero-order chi connectivity index (χ0) is 6.62. The summed E-state index contributed by atoms with van der Waals surface area (Å²) in [4.78, 5) is 0. The average molecular weight is 160 g/mol. The maximum absolute atomic E-state index is 10.7. The Morgan fingerprint density at radius 3 is 1.25 bits per heavy atom. The fraction of sp³-hybridized carbons (Fsp3) is 1.00. The van der Waals surface area contributed by atoms with Crippen LogP contribution in [0.3, 0.4) is 0 Å². The quantitative estimate of drug-likeness (QED) is 0.590. The van der Waals surface area contributed by atoms with Gasteiger partial charge in [0.15, 0.2) is 0 Å².